The fourth-order valence-electron chi connectivity index (χ4n) is 2.67. The van der Waals surface area contributed by atoms with Crippen molar-refractivity contribution < 1.29 is 20.1 Å². The fourth-order valence-corrected chi connectivity index (χ4v) is 2.67. The number of aromatic nitrogens is 3. The van der Waals surface area contributed by atoms with Crippen LogP contribution >= 0.6 is 0 Å². The summed E-state index contributed by atoms with van der Waals surface area (Å²) in [5.41, 5.74) is 2.70. The van der Waals surface area contributed by atoms with Gasteiger partial charge in [-0.3, -0.25) is 4.57 Å². The summed E-state index contributed by atoms with van der Waals surface area (Å²) in [6, 6.07) is 1.64. The van der Waals surface area contributed by atoms with Gasteiger partial charge in [0.15, 0.2) is 0 Å². The highest BCUT2D eigenvalue weighted by molar-refractivity contribution is 5.86. The second-order valence-electron chi connectivity index (χ2n) is 5.16. The summed E-state index contributed by atoms with van der Waals surface area (Å²) in [4.78, 5) is 7.96. The molecule has 20 heavy (non-hydrogen) atoms. The van der Waals surface area contributed by atoms with E-state index in [1.807, 2.05) is 0 Å². The number of nitrogens with zero attached hydrogens (tertiary/aromatic N) is 3. The average Bonchev–Trinajstić information content (AvgIpc) is 2.92. The van der Waals surface area contributed by atoms with E-state index in [9.17, 15) is 15.3 Å². The van der Waals surface area contributed by atoms with Crippen LogP contribution in [0.15, 0.2) is 18.6 Å². The number of anilines is 1. The van der Waals surface area contributed by atoms with Gasteiger partial charge < -0.3 is 25.8 Å². The van der Waals surface area contributed by atoms with Crippen LogP contribution in [0.4, 0.5) is 5.82 Å². The van der Waals surface area contributed by atoms with Crippen LogP contribution in [0, 0.1) is 0 Å². The molecule has 3 heterocycles. The van der Waals surface area contributed by atoms with Gasteiger partial charge in [-0.1, -0.05) is 0 Å². The average molecular weight is 280 g/mol. The zero-order valence-corrected chi connectivity index (χ0v) is 10.9. The molecule has 1 saturated heterocycles. The minimum Gasteiger partial charge on any atom is -0.393 e. The minimum absolute atomic E-state index is 0.102. The number of ether oxygens (including phenoxy) is 1. The Morgan fingerprint density at radius 1 is 1.50 bits per heavy atom. The number of aliphatic hydroxyl groups is 3. The molecule has 108 valence electrons. The molecule has 8 nitrogen and oxygen atoms in total. The van der Waals surface area contributed by atoms with Crippen LogP contribution < -0.4 is 5.73 Å². The first-order valence-electron chi connectivity index (χ1n) is 6.17. The van der Waals surface area contributed by atoms with Crippen molar-refractivity contribution in [3.05, 3.63) is 18.6 Å². The van der Waals surface area contributed by atoms with E-state index in [-0.39, 0.29) is 12.4 Å². The number of hydrogen-bond acceptors (Lipinski definition) is 7. The first-order chi connectivity index (χ1) is 9.41. The summed E-state index contributed by atoms with van der Waals surface area (Å²) in [5, 5.41) is 31.3. The Morgan fingerprint density at radius 3 is 2.95 bits per heavy atom. The molecule has 0 amide bonds. The molecule has 8 heteroatoms. The first kappa shape index (κ1) is 13.3. The SMILES string of the molecule is C[C@]1(O)CO[C@H](CO)[C@@]1(O)n1ccc2c(N)ncnc21. The van der Waals surface area contributed by atoms with Crippen molar-refractivity contribution in [3.63, 3.8) is 0 Å². The molecule has 0 unspecified atom stereocenters. The maximum absolute atomic E-state index is 11.0. The predicted octanol–water partition coefficient (Wildman–Crippen LogP) is -1.20. The molecule has 0 spiro atoms. The molecule has 0 radical (unpaired) electrons. The van der Waals surface area contributed by atoms with Crippen LogP contribution in [0.2, 0.25) is 0 Å². The van der Waals surface area contributed by atoms with E-state index >= 15 is 0 Å². The third kappa shape index (κ3) is 1.50. The van der Waals surface area contributed by atoms with Crippen molar-refractivity contribution in [3.8, 4) is 0 Å². The van der Waals surface area contributed by atoms with Crippen molar-refractivity contribution in [1.29, 1.82) is 0 Å². The van der Waals surface area contributed by atoms with E-state index in [1.54, 1.807) is 12.3 Å². The number of nitrogen functional groups attached to an aromatic ring is 1. The molecule has 1 aliphatic heterocycles. The third-order valence-electron chi connectivity index (χ3n) is 3.85. The Kier molecular flexibility index (Phi) is 2.73. The summed E-state index contributed by atoms with van der Waals surface area (Å²) in [6.45, 7) is 0.904. The minimum atomic E-state index is -1.84. The normalized spacial score (nSPS) is 33.9. The van der Waals surface area contributed by atoms with E-state index < -0.39 is 24.0 Å². The van der Waals surface area contributed by atoms with Crippen LogP contribution in [0.5, 0.6) is 0 Å². The lowest BCUT2D eigenvalue weighted by molar-refractivity contribution is -0.186. The molecule has 2 aromatic rings. The number of fused-ring (bicyclic) bond motifs is 1. The summed E-state index contributed by atoms with van der Waals surface area (Å²) in [7, 11) is 0. The van der Waals surface area contributed by atoms with E-state index in [4.69, 9.17) is 10.5 Å². The van der Waals surface area contributed by atoms with Gasteiger partial charge in [-0.15, -0.1) is 0 Å². The van der Waals surface area contributed by atoms with Crippen LogP contribution in [0.1, 0.15) is 6.92 Å². The molecule has 0 aromatic carbocycles. The highest BCUT2D eigenvalue weighted by atomic mass is 16.6. The maximum atomic E-state index is 11.0. The lowest BCUT2D eigenvalue weighted by atomic mass is 9.91. The van der Waals surface area contributed by atoms with Gasteiger partial charge in [-0.05, 0) is 13.0 Å². The second-order valence-corrected chi connectivity index (χ2v) is 5.16. The van der Waals surface area contributed by atoms with Gasteiger partial charge in [0.1, 0.15) is 29.5 Å². The molecular formula is C12H16N4O4. The second kappa shape index (κ2) is 4.13. The van der Waals surface area contributed by atoms with Crippen molar-refractivity contribution in [2.45, 2.75) is 24.4 Å². The molecular weight excluding hydrogens is 264 g/mol. The number of rotatable bonds is 2. The van der Waals surface area contributed by atoms with Crippen molar-refractivity contribution in [2.24, 2.45) is 0 Å². The third-order valence-corrected chi connectivity index (χ3v) is 3.85. The Balaban J connectivity index is 2.25. The highest BCUT2D eigenvalue weighted by Gasteiger charge is 2.59. The van der Waals surface area contributed by atoms with Gasteiger partial charge in [-0.2, -0.15) is 0 Å². The fraction of sp³-hybridized carbons (Fsp3) is 0.500. The zero-order valence-electron chi connectivity index (χ0n) is 10.9. The largest absolute Gasteiger partial charge is 0.393 e. The lowest BCUT2D eigenvalue weighted by Crippen LogP contribution is -2.57. The number of hydrogen-bond donors (Lipinski definition) is 4. The molecule has 0 aliphatic carbocycles. The molecule has 0 saturated carbocycles. The number of nitrogens with two attached hydrogens (primary N) is 1. The molecule has 0 bridgehead atoms. The molecule has 1 fully saturated rings. The standard InChI is InChI=1S/C12H16N4O4/c1-11(18)5-20-8(4-17)12(11,19)16-3-2-7-9(13)14-6-15-10(7)16/h2-3,6,8,17-19H,4-5H2,1H3,(H2,13,14,15)/t8-,11+,12+/m1/s1. The van der Waals surface area contributed by atoms with Gasteiger partial charge in [0.2, 0.25) is 5.72 Å². The summed E-state index contributed by atoms with van der Waals surface area (Å²) in [5.74, 6) is 0.274. The van der Waals surface area contributed by atoms with Crippen LogP contribution in [-0.2, 0) is 10.5 Å². The predicted molar refractivity (Wildman–Crippen MR) is 69.6 cm³/mol. The maximum Gasteiger partial charge on any atom is 0.203 e. The Bertz CT molecular complexity index is 656. The summed E-state index contributed by atoms with van der Waals surface area (Å²) >= 11 is 0. The van der Waals surface area contributed by atoms with E-state index in [2.05, 4.69) is 9.97 Å². The Hall–Kier alpha value is -1.74. The van der Waals surface area contributed by atoms with Gasteiger partial charge in [-0.25, -0.2) is 9.97 Å². The highest BCUT2D eigenvalue weighted by Crippen LogP contribution is 2.41. The van der Waals surface area contributed by atoms with Gasteiger partial charge in [0, 0.05) is 6.20 Å². The van der Waals surface area contributed by atoms with E-state index in [0.29, 0.717) is 11.0 Å². The lowest BCUT2D eigenvalue weighted by Gasteiger charge is -2.37. The monoisotopic (exact) mass is 280 g/mol. The summed E-state index contributed by atoms with van der Waals surface area (Å²) < 4.78 is 6.66. The van der Waals surface area contributed by atoms with E-state index in [0.717, 1.165) is 0 Å². The zero-order chi connectivity index (χ0) is 14.5. The topological polar surface area (TPSA) is 127 Å². The number of aliphatic hydroxyl groups excluding tert-OH is 1. The Morgan fingerprint density at radius 2 is 2.25 bits per heavy atom. The van der Waals surface area contributed by atoms with Crippen molar-refractivity contribution in [2.75, 3.05) is 18.9 Å². The molecule has 3 rings (SSSR count). The van der Waals surface area contributed by atoms with Crippen LogP contribution in [0.3, 0.4) is 0 Å². The van der Waals surface area contributed by atoms with Gasteiger partial charge >= 0.3 is 0 Å². The Labute approximate surface area is 114 Å². The van der Waals surface area contributed by atoms with Crippen molar-refractivity contribution >= 4 is 16.9 Å². The summed E-state index contributed by atoms with van der Waals surface area (Å²) in [6.07, 6.45) is 1.85. The van der Waals surface area contributed by atoms with Gasteiger partial charge in [0.25, 0.3) is 0 Å². The van der Waals surface area contributed by atoms with Gasteiger partial charge in [0.05, 0.1) is 18.6 Å². The molecule has 5 N–H and O–H groups in total. The molecule has 2 aromatic heterocycles. The smallest absolute Gasteiger partial charge is 0.203 e. The van der Waals surface area contributed by atoms with Crippen LogP contribution in [0.25, 0.3) is 11.0 Å². The van der Waals surface area contributed by atoms with Crippen molar-refractivity contribution in [1.82, 2.24) is 14.5 Å². The molecule has 1 aliphatic rings. The quantitative estimate of drug-likeness (QED) is 0.544. The van der Waals surface area contributed by atoms with Crippen LogP contribution in [-0.4, -0.2) is 54.8 Å². The molecule has 3 atom stereocenters. The van der Waals surface area contributed by atoms with E-state index in [1.165, 1.54) is 17.8 Å². The first-order valence-corrected chi connectivity index (χ1v) is 6.17.